The molecule has 0 atom stereocenters. The fourth-order valence-electron chi connectivity index (χ4n) is 1.54. The maximum atomic E-state index is 5.14. The second-order valence-electron chi connectivity index (χ2n) is 3.32. The van der Waals surface area contributed by atoms with Gasteiger partial charge in [-0.1, -0.05) is 6.92 Å². The summed E-state index contributed by atoms with van der Waals surface area (Å²) < 4.78 is 6.08. The molecule has 0 saturated heterocycles. The van der Waals surface area contributed by atoms with Crippen LogP contribution in [-0.4, -0.2) is 12.1 Å². The predicted octanol–water partition coefficient (Wildman–Crippen LogP) is 4.14. The van der Waals surface area contributed by atoms with Gasteiger partial charge in [-0.25, -0.2) is 4.98 Å². The Morgan fingerprint density at radius 3 is 2.56 bits per heavy atom. The largest absolute Gasteiger partial charge is 0.497 e. The number of ether oxygens (including phenoxy) is 1. The summed E-state index contributed by atoms with van der Waals surface area (Å²) in [6.45, 7) is 2.15. The zero-order valence-corrected chi connectivity index (χ0v) is 11.6. The molecule has 0 unspecified atom stereocenters. The van der Waals surface area contributed by atoms with Crippen LogP contribution < -0.4 is 4.74 Å². The Balaban J connectivity index is 2.41. The third-order valence-electron chi connectivity index (χ3n) is 2.36. The number of rotatable bonds is 3. The molecule has 2 nitrogen and oxygen atoms in total. The molecular formula is C12H12BrNOS. The quantitative estimate of drug-likeness (QED) is 0.849. The topological polar surface area (TPSA) is 22.1 Å². The van der Waals surface area contributed by atoms with Gasteiger partial charge >= 0.3 is 0 Å². The van der Waals surface area contributed by atoms with E-state index in [2.05, 4.69) is 27.8 Å². The second kappa shape index (κ2) is 4.97. The summed E-state index contributed by atoms with van der Waals surface area (Å²) >= 11 is 5.13. The minimum atomic E-state index is 0.871. The molecule has 0 bridgehead atoms. The summed E-state index contributed by atoms with van der Waals surface area (Å²) in [4.78, 5) is 5.80. The molecule has 0 spiro atoms. The molecule has 2 aromatic rings. The van der Waals surface area contributed by atoms with E-state index in [1.807, 2.05) is 24.3 Å². The van der Waals surface area contributed by atoms with Gasteiger partial charge in [0.2, 0.25) is 0 Å². The number of benzene rings is 1. The van der Waals surface area contributed by atoms with Gasteiger partial charge in [0.25, 0.3) is 0 Å². The van der Waals surface area contributed by atoms with Crippen LogP contribution in [0.3, 0.4) is 0 Å². The monoisotopic (exact) mass is 297 g/mol. The highest BCUT2D eigenvalue weighted by Crippen LogP contribution is 2.32. The van der Waals surface area contributed by atoms with Gasteiger partial charge in [-0.3, -0.25) is 0 Å². The number of halogens is 1. The molecule has 0 aliphatic carbocycles. The molecular weight excluding hydrogens is 286 g/mol. The Morgan fingerprint density at radius 1 is 1.31 bits per heavy atom. The van der Waals surface area contributed by atoms with E-state index in [0.29, 0.717) is 0 Å². The van der Waals surface area contributed by atoms with Gasteiger partial charge in [-0.2, -0.15) is 0 Å². The van der Waals surface area contributed by atoms with Gasteiger partial charge in [-0.15, -0.1) is 11.3 Å². The lowest BCUT2D eigenvalue weighted by Gasteiger charge is -2.02. The van der Waals surface area contributed by atoms with Crippen molar-refractivity contribution in [3.8, 4) is 17.0 Å². The van der Waals surface area contributed by atoms with Gasteiger partial charge in [0.15, 0.2) is 3.92 Å². The van der Waals surface area contributed by atoms with Crippen LogP contribution in [0.2, 0.25) is 0 Å². The van der Waals surface area contributed by atoms with Crippen LogP contribution in [0.1, 0.15) is 11.8 Å². The minimum Gasteiger partial charge on any atom is -0.497 e. The van der Waals surface area contributed by atoms with E-state index < -0.39 is 0 Å². The molecule has 0 N–H and O–H groups in total. The first kappa shape index (κ1) is 11.6. The third kappa shape index (κ3) is 2.28. The van der Waals surface area contributed by atoms with Gasteiger partial charge in [0.05, 0.1) is 12.8 Å². The molecule has 1 aromatic carbocycles. The van der Waals surface area contributed by atoms with Crippen LogP contribution in [0, 0.1) is 0 Å². The van der Waals surface area contributed by atoms with E-state index in [1.165, 1.54) is 4.88 Å². The SMILES string of the molecule is CCc1sc(Br)nc1-c1ccc(OC)cc1. The molecule has 2 rings (SSSR count). The fraction of sp³-hybridized carbons (Fsp3) is 0.250. The standard InChI is InChI=1S/C12H12BrNOS/c1-3-10-11(14-12(13)16-10)8-4-6-9(15-2)7-5-8/h4-7H,3H2,1-2H3. The van der Waals surface area contributed by atoms with Crippen molar-refractivity contribution in [2.45, 2.75) is 13.3 Å². The van der Waals surface area contributed by atoms with Crippen molar-refractivity contribution in [2.24, 2.45) is 0 Å². The molecule has 16 heavy (non-hydrogen) atoms. The van der Waals surface area contributed by atoms with Crippen molar-refractivity contribution in [3.05, 3.63) is 33.1 Å². The molecule has 1 heterocycles. The third-order valence-corrected chi connectivity index (χ3v) is 4.01. The zero-order chi connectivity index (χ0) is 11.5. The van der Waals surface area contributed by atoms with E-state index in [-0.39, 0.29) is 0 Å². The molecule has 0 amide bonds. The fourth-order valence-corrected chi connectivity index (χ4v) is 3.05. The van der Waals surface area contributed by atoms with Crippen molar-refractivity contribution in [2.75, 3.05) is 7.11 Å². The summed E-state index contributed by atoms with van der Waals surface area (Å²) in [5.74, 6) is 0.871. The van der Waals surface area contributed by atoms with Crippen molar-refractivity contribution in [1.29, 1.82) is 0 Å². The lowest BCUT2D eigenvalue weighted by Crippen LogP contribution is -1.85. The number of hydrogen-bond acceptors (Lipinski definition) is 3. The van der Waals surface area contributed by atoms with Crippen molar-refractivity contribution in [1.82, 2.24) is 4.98 Å². The van der Waals surface area contributed by atoms with Crippen LogP contribution in [0.4, 0.5) is 0 Å². The van der Waals surface area contributed by atoms with Crippen LogP contribution >= 0.6 is 27.3 Å². The van der Waals surface area contributed by atoms with E-state index in [0.717, 1.165) is 27.3 Å². The van der Waals surface area contributed by atoms with Crippen LogP contribution in [0.5, 0.6) is 5.75 Å². The molecule has 0 fully saturated rings. The molecule has 4 heteroatoms. The van der Waals surface area contributed by atoms with Crippen molar-refractivity contribution >= 4 is 27.3 Å². The summed E-state index contributed by atoms with van der Waals surface area (Å²) in [6, 6.07) is 8.00. The number of aromatic nitrogens is 1. The smallest absolute Gasteiger partial charge is 0.160 e. The summed E-state index contributed by atoms with van der Waals surface area (Å²) in [5, 5.41) is 0. The number of nitrogens with zero attached hydrogens (tertiary/aromatic N) is 1. The van der Waals surface area contributed by atoms with Gasteiger partial charge in [0.1, 0.15) is 5.75 Å². The number of hydrogen-bond donors (Lipinski definition) is 0. The van der Waals surface area contributed by atoms with E-state index in [1.54, 1.807) is 18.4 Å². The molecule has 0 saturated carbocycles. The first-order valence-electron chi connectivity index (χ1n) is 5.04. The van der Waals surface area contributed by atoms with E-state index in [9.17, 15) is 0 Å². The predicted molar refractivity (Wildman–Crippen MR) is 71.2 cm³/mol. The molecule has 0 radical (unpaired) electrons. The molecule has 0 aliphatic rings. The normalized spacial score (nSPS) is 10.4. The van der Waals surface area contributed by atoms with E-state index in [4.69, 9.17) is 4.74 Å². The Hall–Kier alpha value is -0.870. The lowest BCUT2D eigenvalue weighted by atomic mass is 10.1. The van der Waals surface area contributed by atoms with Gasteiger partial charge < -0.3 is 4.74 Å². The molecule has 84 valence electrons. The van der Waals surface area contributed by atoms with E-state index >= 15 is 0 Å². The number of methoxy groups -OCH3 is 1. The lowest BCUT2D eigenvalue weighted by molar-refractivity contribution is 0.415. The number of aryl methyl sites for hydroxylation is 1. The summed E-state index contributed by atoms with van der Waals surface area (Å²) in [7, 11) is 1.67. The van der Waals surface area contributed by atoms with Crippen LogP contribution in [0.25, 0.3) is 11.3 Å². The summed E-state index contributed by atoms with van der Waals surface area (Å²) in [5.41, 5.74) is 2.21. The Morgan fingerprint density at radius 2 is 2.00 bits per heavy atom. The van der Waals surface area contributed by atoms with Crippen LogP contribution in [0.15, 0.2) is 28.2 Å². The van der Waals surface area contributed by atoms with Crippen molar-refractivity contribution < 1.29 is 4.74 Å². The van der Waals surface area contributed by atoms with Crippen LogP contribution in [-0.2, 0) is 6.42 Å². The molecule has 1 aromatic heterocycles. The Labute approximate surface area is 107 Å². The highest BCUT2D eigenvalue weighted by Gasteiger charge is 2.10. The average Bonchev–Trinajstić information content (AvgIpc) is 2.70. The maximum absolute atomic E-state index is 5.14. The second-order valence-corrected chi connectivity index (χ2v) is 5.68. The first-order valence-corrected chi connectivity index (χ1v) is 6.65. The maximum Gasteiger partial charge on any atom is 0.160 e. The molecule has 0 aliphatic heterocycles. The van der Waals surface area contributed by atoms with Gasteiger partial charge in [-0.05, 0) is 46.6 Å². The number of thiazole rings is 1. The highest BCUT2D eigenvalue weighted by atomic mass is 79.9. The first-order chi connectivity index (χ1) is 7.74. The van der Waals surface area contributed by atoms with Crippen molar-refractivity contribution in [3.63, 3.8) is 0 Å². The Kier molecular flexibility index (Phi) is 3.61. The zero-order valence-electron chi connectivity index (χ0n) is 9.16. The minimum absolute atomic E-state index is 0.871. The van der Waals surface area contributed by atoms with Gasteiger partial charge in [0, 0.05) is 10.4 Å². The highest BCUT2D eigenvalue weighted by molar-refractivity contribution is 9.11. The Bertz CT molecular complexity index is 478. The summed E-state index contributed by atoms with van der Waals surface area (Å²) in [6.07, 6.45) is 1.00. The average molecular weight is 298 g/mol.